The monoisotopic (exact) mass is 158 g/mol. The highest BCUT2D eigenvalue weighted by molar-refractivity contribution is 4.78. The Hall–Kier alpha value is -0.120. The van der Waals surface area contributed by atoms with Gasteiger partial charge in [0.05, 0.1) is 7.11 Å². The zero-order valence-electron chi connectivity index (χ0n) is 7.63. The van der Waals surface area contributed by atoms with Crippen molar-refractivity contribution >= 4 is 0 Å². The molecular formula is C8H18N2O. The molecule has 1 N–H and O–H groups in total. The molecule has 0 aromatic carbocycles. The van der Waals surface area contributed by atoms with Crippen molar-refractivity contribution in [1.29, 1.82) is 0 Å². The lowest BCUT2D eigenvalue weighted by Gasteiger charge is -2.34. The average molecular weight is 158 g/mol. The molecule has 1 aliphatic heterocycles. The first kappa shape index (κ1) is 8.97. The molecule has 0 saturated carbocycles. The zero-order valence-corrected chi connectivity index (χ0v) is 7.63. The van der Waals surface area contributed by atoms with Crippen molar-refractivity contribution < 1.29 is 4.84 Å². The van der Waals surface area contributed by atoms with Crippen LogP contribution >= 0.6 is 0 Å². The minimum atomic E-state index is 0.584. The van der Waals surface area contributed by atoms with Gasteiger partial charge in [-0.15, -0.1) is 0 Å². The van der Waals surface area contributed by atoms with Crippen LogP contribution in [0.1, 0.15) is 13.3 Å². The van der Waals surface area contributed by atoms with Gasteiger partial charge in [0.25, 0.3) is 0 Å². The summed E-state index contributed by atoms with van der Waals surface area (Å²) in [5.41, 5.74) is 0. The zero-order chi connectivity index (χ0) is 8.27. The van der Waals surface area contributed by atoms with E-state index in [0.717, 1.165) is 13.1 Å². The molecule has 1 saturated heterocycles. The Labute approximate surface area is 68.7 Å². The van der Waals surface area contributed by atoms with Gasteiger partial charge < -0.3 is 10.2 Å². The van der Waals surface area contributed by atoms with Crippen LogP contribution in [0.15, 0.2) is 0 Å². The quantitative estimate of drug-likeness (QED) is 0.591. The molecule has 1 rings (SSSR count). The molecule has 11 heavy (non-hydrogen) atoms. The van der Waals surface area contributed by atoms with Gasteiger partial charge >= 0.3 is 0 Å². The first-order chi connectivity index (χ1) is 5.25. The average Bonchev–Trinajstić information content (AvgIpc) is 2.04. The van der Waals surface area contributed by atoms with E-state index in [0.29, 0.717) is 12.0 Å². The molecule has 66 valence electrons. The normalized spacial score (nSPS) is 32.7. The molecule has 0 radical (unpaired) electrons. The molecule has 0 amide bonds. The predicted octanol–water partition coefficient (Wildman–Crippen LogP) is 0.478. The Morgan fingerprint density at radius 1 is 1.55 bits per heavy atom. The van der Waals surface area contributed by atoms with Crippen molar-refractivity contribution in [2.75, 3.05) is 27.2 Å². The van der Waals surface area contributed by atoms with Crippen LogP contribution in [0.4, 0.5) is 0 Å². The van der Waals surface area contributed by atoms with Gasteiger partial charge in [-0.3, -0.25) is 0 Å². The van der Waals surface area contributed by atoms with E-state index >= 15 is 0 Å². The number of piperidine rings is 1. The molecule has 0 aliphatic carbocycles. The van der Waals surface area contributed by atoms with E-state index in [-0.39, 0.29) is 0 Å². The Morgan fingerprint density at radius 2 is 2.27 bits per heavy atom. The van der Waals surface area contributed by atoms with E-state index in [4.69, 9.17) is 4.84 Å². The fraction of sp³-hybridized carbons (Fsp3) is 1.00. The lowest BCUT2D eigenvalue weighted by atomic mass is 9.95. The number of rotatable bonds is 2. The van der Waals surface area contributed by atoms with Gasteiger partial charge in [0.2, 0.25) is 0 Å². The van der Waals surface area contributed by atoms with E-state index in [1.807, 2.05) is 12.1 Å². The second-order valence-corrected chi connectivity index (χ2v) is 3.27. The molecule has 2 atom stereocenters. The minimum absolute atomic E-state index is 0.584. The van der Waals surface area contributed by atoms with Crippen LogP contribution in [-0.2, 0) is 4.84 Å². The van der Waals surface area contributed by atoms with Crippen molar-refractivity contribution in [2.45, 2.75) is 19.4 Å². The number of nitrogens with zero attached hydrogens (tertiary/aromatic N) is 1. The molecule has 1 fully saturated rings. The summed E-state index contributed by atoms with van der Waals surface area (Å²) in [6, 6.07) is 0.584. The second-order valence-electron chi connectivity index (χ2n) is 3.27. The predicted molar refractivity (Wildman–Crippen MR) is 45.2 cm³/mol. The Kier molecular flexibility index (Phi) is 3.30. The van der Waals surface area contributed by atoms with Gasteiger partial charge in [0.15, 0.2) is 0 Å². The van der Waals surface area contributed by atoms with Crippen LogP contribution in [0.5, 0.6) is 0 Å². The van der Waals surface area contributed by atoms with E-state index in [1.54, 1.807) is 7.11 Å². The molecule has 3 nitrogen and oxygen atoms in total. The third kappa shape index (κ3) is 2.15. The van der Waals surface area contributed by atoms with Crippen molar-refractivity contribution in [1.82, 2.24) is 10.4 Å². The van der Waals surface area contributed by atoms with Gasteiger partial charge in [0.1, 0.15) is 0 Å². The summed E-state index contributed by atoms with van der Waals surface area (Å²) >= 11 is 0. The molecule has 0 aromatic rings. The smallest absolute Gasteiger partial charge is 0.0575 e. The fourth-order valence-corrected chi connectivity index (χ4v) is 1.68. The molecule has 0 bridgehead atoms. The number of hydroxylamine groups is 2. The molecule has 2 unspecified atom stereocenters. The largest absolute Gasteiger partial charge is 0.316 e. The maximum absolute atomic E-state index is 5.17. The van der Waals surface area contributed by atoms with Gasteiger partial charge in [-0.2, -0.15) is 5.06 Å². The maximum atomic E-state index is 5.17. The van der Waals surface area contributed by atoms with Crippen LogP contribution in [0.3, 0.4) is 0 Å². The lowest BCUT2D eigenvalue weighted by molar-refractivity contribution is -0.157. The van der Waals surface area contributed by atoms with Crippen molar-refractivity contribution in [3.63, 3.8) is 0 Å². The fourth-order valence-electron chi connectivity index (χ4n) is 1.68. The first-order valence-corrected chi connectivity index (χ1v) is 4.23. The molecule has 3 heteroatoms. The van der Waals surface area contributed by atoms with Gasteiger partial charge in [-0.25, -0.2) is 0 Å². The van der Waals surface area contributed by atoms with Crippen LogP contribution in [0.2, 0.25) is 0 Å². The highest BCUT2D eigenvalue weighted by Gasteiger charge is 2.24. The topological polar surface area (TPSA) is 24.5 Å². The SMILES string of the molecule is CON(C)C1CCNCC1C. The van der Waals surface area contributed by atoms with Crippen LogP contribution in [-0.4, -0.2) is 38.4 Å². The Bertz CT molecular complexity index is 115. The van der Waals surface area contributed by atoms with E-state index in [1.165, 1.54) is 6.42 Å². The molecule has 0 aromatic heterocycles. The highest BCUT2D eigenvalue weighted by atomic mass is 16.7. The van der Waals surface area contributed by atoms with Crippen LogP contribution in [0.25, 0.3) is 0 Å². The summed E-state index contributed by atoms with van der Waals surface area (Å²) in [4.78, 5) is 5.17. The summed E-state index contributed by atoms with van der Waals surface area (Å²) in [7, 11) is 3.74. The molecule has 1 aliphatic rings. The summed E-state index contributed by atoms with van der Waals surface area (Å²) in [5, 5.41) is 5.33. The standard InChI is InChI=1S/C8H18N2O/c1-7-6-9-5-4-8(7)10(2)11-3/h7-9H,4-6H2,1-3H3. The van der Waals surface area contributed by atoms with Gasteiger partial charge in [0, 0.05) is 13.1 Å². The van der Waals surface area contributed by atoms with Crippen molar-refractivity contribution in [3.05, 3.63) is 0 Å². The second kappa shape index (κ2) is 4.04. The van der Waals surface area contributed by atoms with Crippen molar-refractivity contribution in [2.24, 2.45) is 5.92 Å². The number of hydrogen-bond acceptors (Lipinski definition) is 3. The third-order valence-electron chi connectivity index (χ3n) is 2.50. The summed E-state index contributed by atoms with van der Waals surface area (Å²) in [6.07, 6.45) is 1.19. The van der Waals surface area contributed by atoms with E-state index in [2.05, 4.69) is 12.2 Å². The Balaban J connectivity index is 2.40. The van der Waals surface area contributed by atoms with Crippen LogP contribution in [0, 0.1) is 5.92 Å². The molecule has 1 heterocycles. The summed E-state index contributed by atoms with van der Waals surface area (Å²) in [5.74, 6) is 0.689. The lowest BCUT2D eigenvalue weighted by Crippen LogP contribution is -2.46. The minimum Gasteiger partial charge on any atom is -0.316 e. The van der Waals surface area contributed by atoms with Crippen LogP contribution < -0.4 is 5.32 Å². The molecule has 0 spiro atoms. The number of hydrogen-bond donors (Lipinski definition) is 1. The summed E-state index contributed by atoms with van der Waals surface area (Å²) in [6.45, 7) is 4.48. The Morgan fingerprint density at radius 3 is 2.82 bits per heavy atom. The van der Waals surface area contributed by atoms with Crippen molar-refractivity contribution in [3.8, 4) is 0 Å². The summed E-state index contributed by atoms with van der Waals surface area (Å²) < 4.78 is 0. The number of nitrogens with one attached hydrogen (secondary N) is 1. The third-order valence-corrected chi connectivity index (χ3v) is 2.50. The first-order valence-electron chi connectivity index (χ1n) is 4.23. The van der Waals surface area contributed by atoms with Gasteiger partial charge in [-0.1, -0.05) is 6.92 Å². The molecular weight excluding hydrogens is 140 g/mol. The van der Waals surface area contributed by atoms with Gasteiger partial charge in [-0.05, 0) is 25.4 Å². The maximum Gasteiger partial charge on any atom is 0.0575 e. The van der Waals surface area contributed by atoms with E-state index < -0.39 is 0 Å². The van der Waals surface area contributed by atoms with E-state index in [9.17, 15) is 0 Å². The highest BCUT2D eigenvalue weighted by Crippen LogP contribution is 2.15.